The maximum Gasteiger partial charge on any atom is 0.228 e. The van der Waals surface area contributed by atoms with E-state index in [1.165, 1.54) is 6.42 Å². The number of hydrogen-bond donors (Lipinski definition) is 1. The lowest BCUT2D eigenvalue weighted by Gasteiger charge is -2.36. The van der Waals surface area contributed by atoms with Crippen molar-refractivity contribution in [2.24, 2.45) is 5.73 Å². The number of nitrogens with two attached hydrogens (primary N) is 1. The van der Waals surface area contributed by atoms with Crippen molar-refractivity contribution in [1.29, 1.82) is 0 Å². The van der Waals surface area contributed by atoms with Crippen molar-refractivity contribution in [3.8, 4) is 0 Å². The van der Waals surface area contributed by atoms with Gasteiger partial charge in [0, 0.05) is 23.4 Å². The van der Waals surface area contributed by atoms with Gasteiger partial charge in [0.2, 0.25) is 5.89 Å². The van der Waals surface area contributed by atoms with E-state index in [1.54, 1.807) is 0 Å². The number of hydrogen-bond acceptors (Lipinski definition) is 4. The summed E-state index contributed by atoms with van der Waals surface area (Å²) in [7, 11) is 0. The zero-order valence-electron chi connectivity index (χ0n) is 10.6. The maximum atomic E-state index is 6.17. The summed E-state index contributed by atoms with van der Waals surface area (Å²) in [6.07, 6.45) is 4.52. The second-order valence-electron chi connectivity index (χ2n) is 5.27. The van der Waals surface area contributed by atoms with Crippen LogP contribution >= 0.6 is 11.6 Å². The van der Waals surface area contributed by atoms with Gasteiger partial charge in [-0.15, -0.1) is 0 Å². The van der Waals surface area contributed by atoms with E-state index in [9.17, 15) is 0 Å². The molecule has 0 aliphatic heterocycles. The van der Waals surface area contributed by atoms with E-state index in [-0.39, 0.29) is 5.54 Å². The van der Waals surface area contributed by atoms with Gasteiger partial charge in [0.1, 0.15) is 0 Å². The molecule has 1 aliphatic rings. The summed E-state index contributed by atoms with van der Waals surface area (Å²) in [6, 6.07) is 7.68. The van der Waals surface area contributed by atoms with Gasteiger partial charge in [-0.25, -0.2) is 0 Å². The van der Waals surface area contributed by atoms with Gasteiger partial charge in [0.15, 0.2) is 5.82 Å². The summed E-state index contributed by atoms with van der Waals surface area (Å²) in [5.41, 5.74) is 7.04. The van der Waals surface area contributed by atoms with Crippen LogP contribution in [0, 0.1) is 0 Å². The summed E-state index contributed by atoms with van der Waals surface area (Å²) in [4.78, 5) is 4.40. The van der Waals surface area contributed by atoms with Crippen LogP contribution in [-0.2, 0) is 12.8 Å². The van der Waals surface area contributed by atoms with E-state index in [1.807, 2.05) is 24.3 Å². The highest BCUT2D eigenvalue weighted by atomic mass is 35.5. The molecule has 0 radical (unpaired) electrons. The average molecular weight is 278 g/mol. The van der Waals surface area contributed by atoms with E-state index in [4.69, 9.17) is 21.9 Å². The van der Waals surface area contributed by atoms with Crippen molar-refractivity contribution in [2.75, 3.05) is 0 Å². The van der Waals surface area contributed by atoms with Crippen LogP contribution in [-0.4, -0.2) is 15.7 Å². The molecular formula is C14H16ClN3O. The molecule has 1 fully saturated rings. The molecule has 4 nitrogen and oxygen atoms in total. The predicted octanol–water partition coefficient (Wildman–Crippen LogP) is 2.74. The van der Waals surface area contributed by atoms with Gasteiger partial charge in [-0.3, -0.25) is 0 Å². The van der Waals surface area contributed by atoms with Crippen LogP contribution in [0.25, 0.3) is 0 Å². The van der Waals surface area contributed by atoms with Crippen LogP contribution in [0.15, 0.2) is 28.8 Å². The monoisotopic (exact) mass is 277 g/mol. The van der Waals surface area contributed by atoms with Gasteiger partial charge in [-0.1, -0.05) is 35.0 Å². The first kappa shape index (κ1) is 12.6. The van der Waals surface area contributed by atoms with Crippen LogP contribution in [0.1, 0.15) is 36.5 Å². The Morgan fingerprint density at radius 2 is 2.11 bits per heavy atom. The van der Waals surface area contributed by atoms with E-state index >= 15 is 0 Å². The van der Waals surface area contributed by atoms with E-state index in [0.29, 0.717) is 24.6 Å². The summed E-state index contributed by atoms with van der Waals surface area (Å²) < 4.78 is 5.26. The van der Waals surface area contributed by atoms with Crippen LogP contribution in [0.3, 0.4) is 0 Å². The van der Waals surface area contributed by atoms with Crippen molar-refractivity contribution in [3.63, 3.8) is 0 Å². The smallest absolute Gasteiger partial charge is 0.228 e. The lowest BCUT2D eigenvalue weighted by Crippen LogP contribution is -2.48. The Morgan fingerprint density at radius 3 is 2.79 bits per heavy atom. The van der Waals surface area contributed by atoms with E-state index < -0.39 is 0 Å². The standard InChI is InChI=1S/C14H16ClN3O/c15-11-5-2-1-4-10(11)8-12-17-13(19-18-12)9-14(16)6-3-7-14/h1-2,4-5H,3,6-9,16H2. The van der Waals surface area contributed by atoms with E-state index in [0.717, 1.165) is 23.4 Å². The fraction of sp³-hybridized carbons (Fsp3) is 0.429. The molecule has 0 amide bonds. The molecule has 0 saturated heterocycles. The third-order valence-electron chi connectivity index (χ3n) is 3.67. The summed E-state index contributed by atoms with van der Waals surface area (Å²) in [6.45, 7) is 0. The molecule has 19 heavy (non-hydrogen) atoms. The van der Waals surface area contributed by atoms with Crippen LogP contribution in [0.2, 0.25) is 5.02 Å². The number of rotatable bonds is 4. The van der Waals surface area contributed by atoms with E-state index in [2.05, 4.69) is 10.1 Å². The first-order valence-electron chi connectivity index (χ1n) is 6.48. The zero-order valence-corrected chi connectivity index (χ0v) is 11.4. The average Bonchev–Trinajstić information content (AvgIpc) is 2.78. The minimum atomic E-state index is -0.131. The number of benzene rings is 1. The van der Waals surface area contributed by atoms with Gasteiger partial charge in [0.05, 0.1) is 0 Å². The zero-order chi connectivity index (χ0) is 13.3. The van der Waals surface area contributed by atoms with Crippen LogP contribution in [0.4, 0.5) is 0 Å². The molecule has 2 aromatic rings. The van der Waals surface area contributed by atoms with Crippen molar-refractivity contribution < 1.29 is 4.52 Å². The molecule has 0 unspecified atom stereocenters. The minimum absolute atomic E-state index is 0.131. The normalized spacial score (nSPS) is 17.2. The number of nitrogens with zero attached hydrogens (tertiary/aromatic N) is 2. The van der Waals surface area contributed by atoms with Crippen LogP contribution in [0.5, 0.6) is 0 Å². The highest BCUT2D eigenvalue weighted by Gasteiger charge is 2.34. The predicted molar refractivity (Wildman–Crippen MR) is 73.0 cm³/mol. The van der Waals surface area contributed by atoms with Crippen LogP contribution < -0.4 is 5.73 Å². The quantitative estimate of drug-likeness (QED) is 0.933. The second-order valence-corrected chi connectivity index (χ2v) is 5.67. The molecule has 1 saturated carbocycles. The molecule has 5 heteroatoms. The summed E-state index contributed by atoms with van der Waals surface area (Å²) >= 11 is 6.11. The molecular weight excluding hydrogens is 262 g/mol. The molecule has 1 aromatic carbocycles. The third-order valence-corrected chi connectivity index (χ3v) is 4.04. The molecule has 3 rings (SSSR count). The van der Waals surface area contributed by atoms with Gasteiger partial charge in [0.25, 0.3) is 0 Å². The molecule has 0 spiro atoms. The van der Waals surface area contributed by atoms with Crippen molar-refractivity contribution in [2.45, 2.75) is 37.6 Å². The minimum Gasteiger partial charge on any atom is -0.339 e. The van der Waals surface area contributed by atoms with Crippen molar-refractivity contribution >= 4 is 11.6 Å². The fourth-order valence-electron chi connectivity index (χ4n) is 2.35. The Hall–Kier alpha value is -1.39. The van der Waals surface area contributed by atoms with Crippen molar-refractivity contribution in [1.82, 2.24) is 10.1 Å². The highest BCUT2D eigenvalue weighted by molar-refractivity contribution is 6.31. The molecule has 0 atom stereocenters. The largest absolute Gasteiger partial charge is 0.339 e. The Morgan fingerprint density at radius 1 is 1.32 bits per heavy atom. The molecule has 1 heterocycles. The molecule has 1 aromatic heterocycles. The molecule has 0 bridgehead atoms. The Labute approximate surface area is 117 Å². The third kappa shape index (κ3) is 2.80. The summed E-state index contributed by atoms with van der Waals surface area (Å²) in [5.74, 6) is 1.29. The molecule has 2 N–H and O–H groups in total. The number of aromatic nitrogens is 2. The summed E-state index contributed by atoms with van der Waals surface area (Å²) in [5, 5.41) is 4.72. The maximum absolute atomic E-state index is 6.17. The highest BCUT2D eigenvalue weighted by Crippen LogP contribution is 2.32. The molecule has 1 aliphatic carbocycles. The Balaban J connectivity index is 1.70. The SMILES string of the molecule is NC1(Cc2nc(Cc3ccccc3Cl)no2)CCC1. The van der Waals surface area contributed by atoms with Crippen molar-refractivity contribution in [3.05, 3.63) is 46.6 Å². The fourth-order valence-corrected chi connectivity index (χ4v) is 2.56. The van der Waals surface area contributed by atoms with Gasteiger partial charge in [-0.05, 0) is 30.9 Å². The lowest BCUT2D eigenvalue weighted by molar-refractivity contribution is 0.221. The van der Waals surface area contributed by atoms with Gasteiger partial charge < -0.3 is 10.3 Å². The van der Waals surface area contributed by atoms with Gasteiger partial charge in [-0.2, -0.15) is 4.98 Å². The Bertz CT molecular complexity index is 578. The first-order chi connectivity index (χ1) is 9.15. The first-order valence-corrected chi connectivity index (χ1v) is 6.86. The Kier molecular flexibility index (Phi) is 3.29. The lowest BCUT2D eigenvalue weighted by atomic mass is 9.75. The topological polar surface area (TPSA) is 64.9 Å². The number of halogens is 1. The second kappa shape index (κ2) is 4.94. The molecule has 100 valence electrons. The van der Waals surface area contributed by atoms with Gasteiger partial charge >= 0.3 is 0 Å².